The van der Waals surface area contributed by atoms with E-state index in [2.05, 4.69) is 0 Å². The Bertz CT molecular complexity index is 402. The quantitative estimate of drug-likeness (QED) is 0.610. The SMILES string of the molecule is COc1ccc(C(F)(F)F)cc1C(=O)CCl. The van der Waals surface area contributed by atoms with Gasteiger partial charge in [-0.15, -0.1) is 11.6 Å². The number of halogens is 4. The molecule has 16 heavy (non-hydrogen) atoms. The van der Waals surface area contributed by atoms with Crippen molar-refractivity contribution in [1.82, 2.24) is 0 Å². The number of alkyl halides is 4. The van der Waals surface area contributed by atoms with Crippen molar-refractivity contribution in [3.63, 3.8) is 0 Å². The normalized spacial score (nSPS) is 11.3. The first kappa shape index (κ1) is 12.8. The number of ketones is 1. The third-order valence-electron chi connectivity index (χ3n) is 1.95. The van der Waals surface area contributed by atoms with Gasteiger partial charge in [0.25, 0.3) is 0 Å². The zero-order valence-corrected chi connectivity index (χ0v) is 9.02. The van der Waals surface area contributed by atoms with Crippen LogP contribution in [0.4, 0.5) is 13.2 Å². The van der Waals surface area contributed by atoms with Gasteiger partial charge < -0.3 is 4.74 Å². The number of hydrogen-bond donors (Lipinski definition) is 0. The highest BCUT2D eigenvalue weighted by molar-refractivity contribution is 6.30. The minimum Gasteiger partial charge on any atom is -0.496 e. The monoisotopic (exact) mass is 252 g/mol. The van der Waals surface area contributed by atoms with Crippen LogP contribution in [0.1, 0.15) is 15.9 Å². The zero-order valence-electron chi connectivity index (χ0n) is 8.27. The molecule has 0 aliphatic rings. The van der Waals surface area contributed by atoms with E-state index in [1.807, 2.05) is 0 Å². The largest absolute Gasteiger partial charge is 0.496 e. The highest BCUT2D eigenvalue weighted by Crippen LogP contribution is 2.32. The molecule has 0 spiro atoms. The molecule has 0 radical (unpaired) electrons. The van der Waals surface area contributed by atoms with E-state index in [9.17, 15) is 18.0 Å². The summed E-state index contributed by atoms with van der Waals surface area (Å²) < 4.78 is 41.9. The molecule has 2 nitrogen and oxygen atoms in total. The van der Waals surface area contributed by atoms with Gasteiger partial charge in [-0.25, -0.2) is 0 Å². The summed E-state index contributed by atoms with van der Waals surface area (Å²) in [7, 11) is 1.27. The van der Waals surface area contributed by atoms with Crippen LogP contribution in [0.25, 0.3) is 0 Å². The van der Waals surface area contributed by atoms with Crippen LogP contribution < -0.4 is 4.74 Å². The van der Waals surface area contributed by atoms with Gasteiger partial charge in [0.1, 0.15) is 5.75 Å². The van der Waals surface area contributed by atoms with E-state index in [1.54, 1.807) is 0 Å². The van der Waals surface area contributed by atoms with Crippen LogP contribution in [0.2, 0.25) is 0 Å². The molecule has 0 heterocycles. The van der Waals surface area contributed by atoms with E-state index in [4.69, 9.17) is 16.3 Å². The second kappa shape index (κ2) is 4.74. The molecular formula is C10H8ClF3O2. The molecule has 0 amide bonds. The van der Waals surface area contributed by atoms with Gasteiger partial charge >= 0.3 is 6.18 Å². The molecule has 0 fully saturated rings. The maximum absolute atomic E-state index is 12.4. The van der Waals surface area contributed by atoms with Gasteiger partial charge in [-0.2, -0.15) is 13.2 Å². The van der Waals surface area contributed by atoms with E-state index < -0.39 is 23.4 Å². The highest BCUT2D eigenvalue weighted by atomic mass is 35.5. The predicted molar refractivity (Wildman–Crippen MR) is 53.0 cm³/mol. The Labute approximate surface area is 95.0 Å². The summed E-state index contributed by atoms with van der Waals surface area (Å²) >= 11 is 5.30. The summed E-state index contributed by atoms with van der Waals surface area (Å²) in [5, 5.41) is 0. The van der Waals surface area contributed by atoms with Crippen molar-refractivity contribution >= 4 is 17.4 Å². The second-order valence-electron chi connectivity index (χ2n) is 2.97. The van der Waals surface area contributed by atoms with Crippen LogP contribution in [-0.4, -0.2) is 18.8 Å². The molecule has 88 valence electrons. The first-order chi connectivity index (χ1) is 7.40. The van der Waals surface area contributed by atoms with E-state index in [0.717, 1.165) is 18.2 Å². The minimum absolute atomic E-state index is 0.0821. The smallest absolute Gasteiger partial charge is 0.416 e. The van der Waals surface area contributed by atoms with Crippen molar-refractivity contribution < 1.29 is 22.7 Å². The number of benzene rings is 1. The van der Waals surface area contributed by atoms with Crippen molar-refractivity contribution in [2.24, 2.45) is 0 Å². The fourth-order valence-corrected chi connectivity index (χ4v) is 1.32. The minimum atomic E-state index is -4.49. The Balaban J connectivity index is 3.27. The lowest BCUT2D eigenvalue weighted by atomic mass is 10.1. The van der Waals surface area contributed by atoms with Gasteiger partial charge in [0.15, 0.2) is 5.78 Å². The average Bonchev–Trinajstić information content (AvgIpc) is 2.25. The molecule has 6 heteroatoms. The van der Waals surface area contributed by atoms with Gasteiger partial charge in [0.05, 0.1) is 24.1 Å². The van der Waals surface area contributed by atoms with Gasteiger partial charge in [0, 0.05) is 0 Å². The standard InChI is InChI=1S/C10H8ClF3O2/c1-16-9-3-2-6(10(12,13)14)4-7(9)8(15)5-11/h2-4H,5H2,1H3. The van der Waals surface area contributed by atoms with Crippen molar-refractivity contribution in [2.45, 2.75) is 6.18 Å². The maximum atomic E-state index is 12.4. The molecule has 0 N–H and O–H groups in total. The summed E-state index contributed by atoms with van der Waals surface area (Å²) in [4.78, 5) is 11.3. The summed E-state index contributed by atoms with van der Waals surface area (Å²) in [5.74, 6) is -0.916. The second-order valence-corrected chi connectivity index (χ2v) is 3.24. The summed E-state index contributed by atoms with van der Waals surface area (Å²) in [6.07, 6.45) is -4.49. The van der Waals surface area contributed by atoms with E-state index in [1.165, 1.54) is 7.11 Å². The van der Waals surface area contributed by atoms with Crippen molar-refractivity contribution in [1.29, 1.82) is 0 Å². The van der Waals surface area contributed by atoms with Crippen LogP contribution in [-0.2, 0) is 6.18 Å². The summed E-state index contributed by atoms with van der Waals surface area (Å²) in [5.41, 5.74) is -1.06. The fourth-order valence-electron chi connectivity index (χ4n) is 1.17. The molecule has 0 unspecified atom stereocenters. The number of ether oxygens (including phenoxy) is 1. The van der Waals surface area contributed by atoms with Gasteiger partial charge in [-0.05, 0) is 18.2 Å². The predicted octanol–water partition coefficient (Wildman–Crippen LogP) is 3.14. The maximum Gasteiger partial charge on any atom is 0.416 e. The van der Waals surface area contributed by atoms with Gasteiger partial charge in [-0.3, -0.25) is 4.79 Å². The molecular weight excluding hydrogens is 245 g/mol. The molecule has 0 atom stereocenters. The third-order valence-corrected chi connectivity index (χ3v) is 2.19. The molecule has 0 aliphatic heterocycles. The van der Waals surface area contributed by atoms with Crippen molar-refractivity contribution in [2.75, 3.05) is 13.0 Å². The van der Waals surface area contributed by atoms with Crippen LogP contribution in [0.3, 0.4) is 0 Å². The molecule has 0 saturated heterocycles. The Hall–Kier alpha value is -1.23. The molecule has 1 aromatic carbocycles. The third kappa shape index (κ3) is 2.66. The van der Waals surface area contributed by atoms with Gasteiger partial charge in [0.2, 0.25) is 0 Å². The summed E-state index contributed by atoms with van der Waals surface area (Å²) in [6, 6.07) is 2.69. The average molecular weight is 253 g/mol. The molecule has 0 aliphatic carbocycles. The first-order valence-corrected chi connectivity index (χ1v) is 4.78. The number of carbonyl (C=O) groups is 1. The Kier molecular flexibility index (Phi) is 3.80. The Morgan fingerprint density at radius 3 is 2.50 bits per heavy atom. The first-order valence-electron chi connectivity index (χ1n) is 4.24. The Morgan fingerprint density at radius 2 is 2.06 bits per heavy atom. The van der Waals surface area contributed by atoms with E-state index in [0.29, 0.717) is 0 Å². The van der Waals surface area contributed by atoms with E-state index >= 15 is 0 Å². The van der Waals surface area contributed by atoms with Crippen LogP contribution in [0.5, 0.6) is 5.75 Å². The lowest BCUT2D eigenvalue weighted by molar-refractivity contribution is -0.137. The summed E-state index contributed by atoms with van der Waals surface area (Å²) in [6.45, 7) is 0. The molecule has 0 saturated carbocycles. The topological polar surface area (TPSA) is 26.3 Å². The van der Waals surface area contributed by atoms with Crippen LogP contribution in [0.15, 0.2) is 18.2 Å². The lowest BCUT2D eigenvalue weighted by Gasteiger charge is -2.11. The van der Waals surface area contributed by atoms with Crippen molar-refractivity contribution in [3.05, 3.63) is 29.3 Å². The molecule has 0 bridgehead atoms. The Morgan fingerprint density at radius 1 is 1.44 bits per heavy atom. The van der Waals surface area contributed by atoms with Crippen LogP contribution >= 0.6 is 11.6 Å². The number of carbonyl (C=O) groups excluding carboxylic acids is 1. The number of hydrogen-bond acceptors (Lipinski definition) is 2. The van der Waals surface area contributed by atoms with Crippen molar-refractivity contribution in [3.8, 4) is 5.75 Å². The fraction of sp³-hybridized carbons (Fsp3) is 0.300. The molecule has 1 aromatic rings. The number of rotatable bonds is 3. The van der Waals surface area contributed by atoms with E-state index in [-0.39, 0.29) is 11.3 Å². The highest BCUT2D eigenvalue weighted by Gasteiger charge is 2.31. The molecule has 0 aromatic heterocycles. The zero-order chi connectivity index (χ0) is 12.3. The molecule has 1 rings (SSSR count). The van der Waals surface area contributed by atoms with Gasteiger partial charge in [-0.1, -0.05) is 0 Å². The van der Waals surface area contributed by atoms with Crippen LogP contribution in [0, 0.1) is 0 Å². The lowest BCUT2D eigenvalue weighted by Crippen LogP contribution is -2.09. The number of methoxy groups -OCH3 is 1. The number of Topliss-reactive ketones (excluding diaryl/α,β-unsaturated/α-hetero) is 1.